The van der Waals surface area contributed by atoms with Gasteiger partial charge in [0.05, 0.1) is 22.0 Å². The first kappa shape index (κ1) is 27.2. The van der Waals surface area contributed by atoms with Crippen molar-refractivity contribution in [2.75, 3.05) is 0 Å². The molecule has 10 heteroatoms. The lowest BCUT2D eigenvalue weighted by Crippen LogP contribution is -2.36. The highest BCUT2D eigenvalue weighted by Gasteiger charge is 2.29. The second kappa shape index (κ2) is 11.4. The molecule has 29 heavy (non-hydrogen) atoms. The number of aliphatic hydroxyl groups is 2. The monoisotopic (exact) mass is 448 g/mol. The van der Waals surface area contributed by atoms with Gasteiger partial charge < -0.3 is 10.2 Å². The Hall–Kier alpha value is -1.82. The van der Waals surface area contributed by atoms with Gasteiger partial charge in [0.1, 0.15) is 0 Å². The summed E-state index contributed by atoms with van der Waals surface area (Å²) in [5.41, 5.74) is -0.389. The van der Waals surface area contributed by atoms with Crippen molar-refractivity contribution in [1.82, 2.24) is 0 Å². The normalized spacial score (nSPS) is 13.8. The molecule has 0 bridgehead atoms. The molecular formula is C19H28O8S2. The third-order valence-electron chi connectivity index (χ3n) is 4.24. The molecule has 2 aromatic carbocycles. The maximum atomic E-state index is 10.4. The molecule has 0 aliphatic heterocycles. The number of benzene rings is 2. The molecule has 164 valence electrons. The Labute approximate surface area is 172 Å². The van der Waals surface area contributed by atoms with Crippen LogP contribution < -0.4 is 0 Å². The number of hydrogen-bond donors (Lipinski definition) is 4. The molecule has 2 aromatic rings. The van der Waals surface area contributed by atoms with E-state index in [-0.39, 0.29) is 15.2 Å². The van der Waals surface area contributed by atoms with E-state index in [1.54, 1.807) is 50.2 Å². The van der Waals surface area contributed by atoms with E-state index in [1.807, 2.05) is 13.8 Å². The van der Waals surface area contributed by atoms with Gasteiger partial charge >= 0.3 is 0 Å². The Balaban J connectivity index is 0.000000407. The van der Waals surface area contributed by atoms with E-state index in [9.17, 15) is 16.8 Å². The Morgan fingerprint density at radius 1 is 0.655 bits per heavy atom. The van der Waals surface area contributed by atoms with Crippen molar-refractivity contribution in [3.63, 3.8) is 0 Å². The molecule has 0 fully saturated rings. The summed E-state index contributed by atoms with van der Waals surface area (Å²) in [4.78, 5) is -0.148. The summed E-state index contributed by atoms with van der Waals surface area (Å²) in [6.07, 6.45) is -0.921. The topological polar surface area (TPSA) is 149 Å². The average Bonchev–Trinajstić information content (AvgIpc) is 2.62. The van der Waals surface area contributed by atoms with Gasteiger partial charge in [0.15, 0.2) is 0 Å². The lowest BCUT2D eigenvalue weighted by atomic mass is 9.82. The standard InChI is InChI=1S/C7H16O2.2C6H6O3S/c1-5(8)7(3,4)6(2)9;2*7-10(8,9)6-4-2-1-3-5-6/h5-6,8-9H,1-4H3;2*1-5H,(H,7,8,9). The molecule has 0 aromatic heterocycles. The van der Waals surface area contributed by atoms with Gasteiger partial charge in [-0.15, -0.1) is 0 Å². The first-order valence-corrected chi connectivity index (χ1v) is 11.4. The first-order valence-electron chi connectivity index (χ1n) is 8.51. The summed E-state index contributed by atoms with van der Waals surface area (Å²) >= 11 is 0. The predicted molar refractivity (Wildman–Crippen MR) is 110 cm³/mol. The molecule has 0 aliphatic carbocycles. The van der Waals surface area contributed by atoms with Crippen molar-refractivity contribution in [3.8, 4) is 0 Å². The van der Waals surface area contributed by atoms with Crippen LogP contribution in [0.3, 0.4) is 0 Å². The van der Waals surface area contributed by atoms with E-state index >= 15 is 0 Å². The quantitative estimate of drug-likeness (QED) is 0.522. The Morgan fingerprint density at radius 2 is 0.897 bits per heavy atom. The van der Waals surface area contributed by atoms with Gasteiger partial charge in [-0.05, 0) is 38.1 Å². The molecule has 0 saturated carbocycles. The van der Waals surface area contributed by atoms with E-state index in [2.05, 4.69) is 0 Å². The zero-order valence-electron chi connectivity index (χ0n) is 16.7. The average molecular weight is 449 g/mol. The SMILES string of the molecule is CC(O)C(C)(C)C(C)O.O=S(=O)(O)c1ccccc1.O=S(=O)(O)c1ccccc1. The maximum Gasteiger partial charge on any atom is 0.294 e. The number of aliphatic hydroxyl groups excluding tert-OH is 2. The van der Waals surface area contributed by atoms with Crippen LogP contribution in [0.25, 0.3) is 0 Å². The predicted octanol–water partition coefficient (Wildman–Crippen LogP) is 2.64. The highest BCUT2D eigenvalue weighted by molar-refractivity contribution is 7.86. The van der Waals surface area contributed by atoms with Crippen LogP contribution >= 0.6 is 0 Å². The molecule has 0 amide bonds. The van der Waals surface area contributed by atoms with E-state index < -0.39 is 32.4 Å². The first-order chi connectivity index (χ1) is 13.1. The van der Waals surface area contributed by atoms with E-state index in [0.717, 1.165) is 0 Å². The summed E-state index contributed by atoms with van der Waals surface area (Å²) in [5.74, 6) is 0. The van der Waals surface area contributed by atoms with Crippen molar-refractivity contribution < 1.29 is 36.2 Å². The van der Waals surface area contributed by atoms with Crippen LogP contribution in [-0.4, -0.2) is 48.4 Å². The van der Waals surface area contributed by atoms with E-state index in [4.69, 9.17) is 19.3 Å². The van der Waals surface area contributed by atoms with Crippen molar-refractivity contribution in [2.45, 2.75) is 49.7 Å². The zero-order chi connectivity index (χ0) is 22.9. The molecule has 0 spiro atoms. The van der Waals surface area contributed by atoms with Gasteiger partial charge in [-0.25, -0.2) is 0 Å². The van der Waals surface area contributed by atoms with Crippen molar-refractivity contribution in [2.24, 2.45) is 5.41 Å². The number of rotatable bonds is 4. The van der Waals surface area contributed by atoms with Crippen molar-refractivity contribution >= 4 is 20.2 Å². The molecule has 4 N–H and O–H groups in total. The fraction of sp³-hybridized carbons (Fsp3) is 0.368. The summed E-state index contributed by atoms with van der Waals surface area (Å²) in [5, 5.41) is 18.2. The smallest absolute Gasteiger partial charge is 0.294 e. The molecule has 0 aliphatic rings. The lowest BCUT2D eigenvalue weighted by molar-refractivity contribution is -0.0289. The molecule has 0 heterocycles. The highest BCUT2D eigenvalue weighted by Crippen LogP contribution is 2.24. The molecule has 2 unspecified atom stereocenters. The van der Waals surface area contributed by atoms with Crippen molar-refractivity contribution in [1.29, 1.82) is 0 Å². The molecule has 0 saturated heterocycles. The fourth-order valence-corrected chi connectivity index (χ4v) is 2.54. The zero-order valence-corrected chi connectivity index (χ0v) is 18.3. The van der Waals surface area contributed by atoms with Gasteiger partial charge in [-0.3, -0.25) is 9.11 Å². The summed E-state index contributed by atoms with van der Waals surface area (Å²) in [7, 11) is -8.01. The van der Waals surface area contributed by atoms with E-state index in [1.165, 1.54) is 24.3 Å². The third kappa shape index (κ3) is 10.5. The molecule has 8 nitrogen and oxygen atoms in total. The second-order valence-corrected chi connectivity index (χ2v) is 9.59. The van der Waals surface area contributed by atoms with Crippen LogP contribution in [0.1, 0.15) is 27.7 Å². The Morgan fingerprint density at radius 3 is 1.00 bits per heavy atom. The summed E-state index contributed by atoms with van der Waals surface area (Å²) in [6.45, 7) is 7.05. The fourth-order valence-electron chi connectivity index (χ4n) is 1.53. The Kier molecular flexibility index (Phi) is 10.7. The minimum atomic E-state index is -4.00. The summed E-state index contributed by atoms with van der Waals surface area (Å²) in [6, 6.07) is 14.8. The minimum Gasteiger partial charge on any atom is -0.393 e. The van der Waals surface area contributed by atoms with E-state index in [0.29, 0.717) is 0 Å². The highest BCUT2D eigenvalue weighted by atomic mass is 32.2. The van der Waals surface area contributed by atoms with Gasteiger partial charge in [-0.1, -0.05) is 50.2 Å². The molecular weight excluding hydrogens is 420 g/mol. The third-order valence-corrected chi connectivity index (χ3v) is 5.97. The largest absolute Gasteiger partial charge is 0.393 e. The molecule has 0 radical (unpaired) electrons. The van der Waals surface area contributed by atoms with Crippen LogP contribution in [0.15, 0.2) is 70.5 Å². The van der Waals surface area contributed by atoms with Gasteiger partial charge in [0.25, 0.3) is 20.2 Å². The van der Waals surface area contributed by atoms with Crippen LogP contribution in [0, 0.1) is 5.41 Å². The maximum absolute atomic E-state index is 10.4. The lowest BCUT2D eigenvalue weighted by Gasteiger charge is -2.30. The second-order valence-electron chi connectivity index (χ2n) is 6.75. The van der Waals surface area contributed by atoms with Gasteiger partial charge in [0, 0.05) is 5.41 Å². The summed E-state index contributed by atoms with van der Waals surface area (Å²) < 4.78 is 58.5. The minimum absolute atomic E-state index is 0.0741. The van der Waals surface area contributed by atoms with Crippen LogP contribution in [0.5, 0.6) is 0 Å². The van der Waals surface area contributed by atoms with Gasteiger partial charge in [0.2, 0.25) is 0 Å². The van der Waals surface area contributed by atoms with Crippen LogP contribution in [0.4, 0.5) is 0 Å². The molecule has 2 atom stereocenters. The Bertz CT molecular complexity index is 843. The number of hydrogen-bond acceptors (Lipinski definition) is 6. The van der Waals surface area contributed by atoms with Crippen molar-refractivity contribution in [3.05, 3.63) is 60.7 Å². The van der Waals surface area contributed by atoms with Crippen LogP contribution in [0.2, 0.25) is 0 Å². The molecule has 2 rings (SSSR count). The van der Waals surface area contributed by atoms with Gasteiger partial charge in [-0.2, -0.15) is 16.8 Å². The van der Waals surface area contributed by atoms with Crippen LogP contribution in [-0.2, 0) is 20.2 Å².